The first-order valence-electron chi connectivity index (χ1n) is 8.55. The molecular formula is C20H16N4O3. The second kappa shape index (κ2) is 6.53. The quantitative estimate of drug-likeness (QED) is 0.549. The standard InChI is InChI=1S/C20H16N4O3/c1-2-6-16-15(5-1)19(21-11-14-4-3-9-25-14)24-20(23-16)22-13-7-8-17-18(10-13)27-12-26-17/h1-10H,11-12H2,(H2,21,22,23,24). The van der Waals surface area contributed by atoms with Crippen LogP contribution in [-0.2, 0) is 6.54 Å². The molecule has 0 amide bonds. The highest BCUT2D eigenvalue weighted by Crippen LogP contribution is 2.35. The molecule has 1 aliphatic heterocycles. The lowest BCUT2D eigenvalue weighted by Gasteiger charge is -2.11. The summed E-state index contributed by atoms with van der Waals surface area (Å²) in [5, 5.41) is 7.51. The zero-order chi connectivity index (χ0) is 18.1. The van der Waals surface area contributed by atoms with Crippen molar-refractivity contribution < 1.29 is 13.9 Å². The summed E-state index contributed by atoms with van der Waals surface area (Å²) in [5.74, 6) is 3.51. The Morgan fingerprint density at radius 1 is 0.926 bits per heavy atom. The molecule has 5 rings (SSSR count). The van der Waals surface area contributed by atoms with Gasteiger partial charge in [-0.2, -0.15) is 4.98 Å². The summed E-state index contributed by atoms with van der Waals surface area (Å²) in [5.41, 5.74) is 1.67. The van der Waals surface area contributed by atoms with Crippen molar-refractivity contribution in [3.05, 3.63) is 66.6 Å². The van der Waals surface area contributed by atoms with Gasteiger partial charge < -0.3 is 24.5 Å². The van der Waals surface area contributed by atoms with E-state index in [0.29, 0.717) is 18.2 Å². The minimum absolute atomic E-state index is 0.242. The molecule has 0 aliphatic carbocycles. The molecule has 1 aliphatic rings. The molecule has 2 aromatic carbocycles. The SMILES string of the molecule is c1coc(CNc2nc(Nc3ccc4c(c3)OCO4)nc3ccccc23)c1. The third-order valence-electron chi connectivity index (χ3n) is 4.24. The normalized spacial score (nSPS) is 12.3. The van der Waals surface area contributed by atoms with Crippen molar-refractivity contribution in [1.82, 2.24) is 9.97 Å². The predicted octanol–water partition coefficient (Wildman–Crippen LogP) is 4.31. The number of furan rings is 1. The number of ether oxygens (including phenoxy) is 2. The summed E-state index contributed by atoms with van der Waals surface area (Å²) in [4.78, 5) is 9.25. The molecule has 0 atom stereocenters. The Morgan fingerprint density at radius 3 is 2.78 bits per heavy atom. The van der Waals surface area contributed by atoms with E-state index in [1.165, 1.54) is 0 Å². The van der Waals surface area contributed by atoms with Crippen LogP contribution in [0.15, 0.2) is 65.3 Å². The topological polar surface area (TPSA) is 81.4 Å². The number of hydrogen-bond donors (Lipinski definition) is 2. The minimum atomic E-state index is 0.242. The summed E-state index contributed by atoms with van der Waals surface area (Å²) in [6.45, 7) is 0.781. The van der Waals surface area contributed by atoms with Crippen LogP contribution in [0.3, 0.4) is 0 Å². The number of hydrogen-bond acceptors (Lipinski definition) is 7. The largest absolute Gasteiger partial charge is 0.467 e. The maximum absolute atomic E-state index is 5.42. The summed E-state index contributed by atoms with van der Waals surface area (Å²) in [6, 6.07) is 17.3. The third kappa shape index (κ3) is 3.10. The van der Waals surface area contributed by atoms with E-state index in [4.69, 9.17) is 13.9 Å². The van der Waals surface area contributed by atoms with Crippen LogP contribution in [0.5, 0.6) is 11.5 Å². The molecule has 134 valence electrons. The van der Waals surface area contributed by atoms with Gasteiger partial charge in [0.05, 0.1) is 18.3 Å². The van der Waals surface area contributed by atoms with Gasteiger partial charge in [0.1, 0.15) is 11.6 Å². The molecule has 0 saturated heterocycles. The van der Waals surface area contributed by atoms with Gasteiger partial charge in [0.25, 0.3) is 0 Å². The molecule has 4 aromatic rings. The summed E-state index contributed by atoms with van der Waals surface area (Å²) >= 11 is 0. The number of aromatic nitrogens is 2. The predicted molar refractivity (Wildman–Crippen MR) is 101 cm³/mol. The number of anilines is 3. The lowest BCUT2D eigenvalue weighted by molar-refractivity contribution is 0.174. The van der Waals surface area contributed by atoms with Crippen LogP contribution in [0.1, 0.15) is 5.76 Å². The second-order valence-corrected chi connectivity index (χ2v) is 6.04. The van der Waals surface area contributed by atoms with Crippen LogP contribution in [0.25, 0.3) is 10.9 Å². The van der Waals surface area contributed by atoms with Gasteiger partial charge in [-0.15, -0.1) is 0 Å². The number of rotatable bonds is 5. The maximum Gasteiger partial charge on any atom is 0.231 e. The van der Waals surface area contributed by atoms with E-state index in [-0.39, 0.29) is 6.79 Å². The minimum Gasteiger partial charge on any atom is -0.467 e. The molecule has 0 radical (unpaired) electrons. The fourth-order valence-electron chi connectivity index (χ4n) is 2.95. The number of para-hydroxylation sites is 1. The molecule has 0 saturated carbocycles. The smallest absolute Gasteiger partial charge is 0.231 e. The fraction of sp³-hybridized carbons (Fsp3) is 0.100. The number of fused-ring (bicyclic) bond motifs is 2. The van der Waals surface area contributed by atoms with E-state index in [1.54, 1.807) is 6.26 Å². The van der Waals surface area contributed by atoms with Gasteiger partial charge in [-0.3, -0.25) is 0 Å². The van der Waals surface area contributed by atoms with Crippen molar-refractivity contribution in [1.29, 1.82) is 0 Å². The van der Waals surface area contributed by atoms with Crippen LogP contribution in [0.4, 0.5) is 17.5 Å². The van der Waals surface area contributed by atoms with Gasteiger partial charge in [0, 0.05) is 17.1 Å². The molecule has 0 spiro atoms. The highest BCUT2D eigenvalue weighted by Gasteiger charge is 2.14. The van der Waals surface area contributed by atoms with Crippen LogP contribution in [0, 0.1) is 0 Å². The Balaban J connectivity index is 1.47. The first-order chi connectivity index (χ1) is 13.3. The highest BCUT2D eigenvalue weighted by molar-refractivity contribution is 5.90. The average Bonchev–Trinajstić information content (AvgIpc) is 3.37. The Labute approximate surface area is 155 Å². The van der Waals surface area contributed by atoms with Crippen LogP contribution in [0.2, 0.25) is 0 Å². The van der Waals surface area contributed by atoms with Gasteiger partial charge in [-0.1, -0.05) is 12.1 Å². The molecule has 2 aromatic heterocycles. The van der Waals surface area contributed by atoms with Gasteiger partial charge in [0.2, 0.25) is 12.7 Å². The van der Waals surface area contributed by atoms with Crippen molar-refractivity contribution in [2.24, 2.45) is 0 Å². The van der Waals surface area contributed by atoms with Crippen molar-refractivity contribution in [2.45, 2.75) is 6.54 Å². The van der Waals surface area contributed by atoms with Crippen molar-refractivity contribution in [3.8, 4) is 11.5 Å². The molecule has 0 fully saturated rings. The lowest BCUT2D eigenvalue weighted by Crippen LogP contribution is -2.05. The van der Waals surface area contributed by atoms with Gasteiger partial charge >= 0.3 is 0 Å². The van der Waals surface area contributed by atoms with E-state index in [0.717, 1.165) is 33.9 Å². The van der Waals surface area contributed by atoms with Gasteiger partial charge in [-0.05, 0) is 36.4 Å². The Bertz CT molecular complexity index is 1100. The average molecular weight is 360 g/mol. The molecule has 3 heterocycles. The van der Waals surface area contributed by atoms with E-state index in [2.05, 4.69) is 20.6 Å². The van der Waals surface area contributed by atoms with Gasteiger partial charge in [-0.25, -0.2) is 4.98 Å². The molecule has 27 heavy (non-hydrogen) atoms. The van der Waals surface area contributed by atoms with Crippen LogP contribution >= 0.6 is 0 Å². The first kappa shape index (κ1) is 15.5. The zero-order valence-corrected chi connectivity index (χ0v) is 14.3. The highest BCUT2D eigenvalue weighted by atomic mass is 16.7. The zero-order valence-electron chi connectivity index (χ0n) is 14.3. The molecule has 0 unspecified atom stereocenters. The molecule has 2 N–H and O–H groups in total. The Kier molecular flexibility index (Phi) is 3.75. The van der Waals surface area contributed by atoms with Crippen molar-refractivity contribution >= 4 is 28.4 Å². The number of nitrogens with zero attached hydrogens (tertiary/aromatic N) is 2. The maximum atomic E-state index is 5.42. The van der Waals surface area contributed by atoms with E-state index in [1.807, 2.05) is 54.6 Å². The number of nitrogens with one attached hydrogen (secondary N) is 2. The monoisotopic (exact) mass is 360 g/mol. The molecule has 7 nitrogen and oxygen atoms in total. The van der Waals surface area contributed by atoms with E-state index < -0.39 is 0 Å². The van der Waals surface area contributed by atoms with Crippen LogP contribution < -0.4 is 20.1 Å². The van der Waals surface area contributed by atoms with Crippen LogP contribution in [-0.4, -0.2) is 16.8 Å². The first-order valence-corrected chi connectivity index (χ1v) is 8.55. The van der Waals surface area contributed by atoms with E-state index >= 15 is 0 Å². The van der Waals surface area contributed by atoms with Crippen molar-refractivity contribution in [3.63, 3.8) is 0 Å². The van der Waals surface area contributed by atoms with E-state index in [9.17, 15) is 0 Å². The lowest BCUT2D eigenvalue weighted by atomic mass is 10.2. The summed E-state index contributed by atoms with van der Waals surface area (Å²) < 4.78 is 16.2. The molecule has 7 heteroatoms. The van der Waals surface area contributed by atoms with Gasteiger partial charge in [0.15, 0.2) is 11.5 Å². The summed E-state index contributed by atoms with van der Waals surface area (Å²) in [7, 11) is 0. The van der Waals surface area contributed by atoms with Crippen molar-refractivity contribution in [2.75, 3.05) is 17.4 Å². The third-order valence-corrected chi connectivity index (χ3v) is 4.24. The molecular weight excluding hydrogens is 344 g/mol. The Morgan fingerprint density at radius 2 is 1.85 bits per heavy atom. The summed E-state index contributed by atoms with van der Waals surface area (Å²) in [6.07, 6.45) is 1.65. The number of benzene rings is 2. The Hall–Kier alpha value is -3.74. The second-order valence-electron chi connectivity index (χ2n) is 6.04. The molecule has 0 bridgehead atoms. The fourth-order valence-corrected chi connectivity index (χ4v) is 2.95.